The SMILES string of the molecule is COc1ccccc1-c1cc(C(F)F)n2ncc(C(=O)O/N=C(\N)c3cccc(N)c3C)c2n1. The summed E-state index contributed by atoms with van der Waals surface area (Å²) in [6, 6.07) is 13.0. The molecule has 0 unspecified atom stereocenters. The lowest BCUT2D eigenvalue weighted by Gasteiger charge is -2.11. The van der Waals surface area contributed by atoms with Crippen LogP contribution in [0.3, 0.4) is 0 Å². The molecule has 2 aromatic carbocycles. The van der Waals surface area contributed by atoms with Crippen molar-refractivity contribution in [2.75, 3.05) is 12.8 Å². The number of hydrogen-bond acceptors (Lipinski definition) is 7. The van der Waals surface area contributed by atoms with Crippen LogP contribution in [0.1, 0.15) is 33.6 Å². The maximum Gasteiger partial charge on any atom is 0.371 e. The molecule has 9 nitrogen and oxygen atoms in total. The number of halogens is 2. The zero-order valence-electron chi connectivity index (χ0n) is 18.2. The summed E-state index contributed by atoms with van der Waals surface area (Å²) in [5.41, 5.74) is 13.4. The summed E-state index contributed by atoms with van der Waals surface area (Å²) in [5.74, 6) is -0.618. The summed E-state index contributed by atoms with van der Waals surface area (Å²) in [6.07, 6.45) is -1.80. The number of nitrogens with two attached hydrogens (primary N) is 2. The minimum atomic E-state index is -2.89. The van der Waals surface area contributed by atoms with Crippen LogP contribution in [-0.4, -0.2) is 33.5 Å². The van der Waals surface area contributed by atoms with Gasteiger partial charge in [0.25, 0.3) is 6.43 Å². The predicted molar refractivity (Wildman–Crippen MR) is 122 cm³/mol. The van der Waals surface area contributed by atoms with Gasteiger partial charge in [-0.2, -0.15) is 5.10 Å². The number of para-hydroxylation sites is 1. The maximum atomic E-state index is 13.8. The Morgan fingerprint density at radius 2 is 1.91 bits per heavy atom. The minimum Gasteiger partial charge on any atom is -0.496 e. The van der Waals surface area contributed by atoms with E-state index < -0.39 is 18.1 Å². The molecule has 0 atom stereocenters. The van der Waals surface area contributed by atoms with Crippen LogP contribution < -0.4 is 16.2 Å². The molecule has 0 spiro atoms. The van der Waals surface area contributed by atoms with Gasteiger partial charge in [0.15, 0.2) is 11.5 Å². The number of oxime groups is 1. The standard InChI is InChI=1S/C23H20F2N6O3/c1-12-13(7-5-8-16(12)26)21(27)30-34-23(32)15-11-28-31-18(20(24)25)10-17(29-22(15)31)14-6-3-4-9-19(14)33-2/h3-11,20H,26H2,1-2H3,(H2,27,30). The van der Waals surface area contributed by atoms with E-state index in [1.165, 1.54) is 13.2 Å². The molecule has 0 aliphatic rings. The monoisotopic (exact) mass is 466 g/mol. The number of fused-ring (bicyclic) bond motifs is 1. The van der Waals surface area contributed by atoms with Gasteiger partial charge in [0.05, 0.1) is 19.0 Å². The molecule has 2 aromatic heterocycles. The molecule has 0 saturated heterocycles. The van der Waals surface area contributed by atoms with Crippen LogP contribution in [0.15, 0.2) is 59.9 Å². The van der Waals surface area contributed by atoms with E-state index in [-0.39, 0.29) is 22.7 Å². The first-order valence-corrected chi connectivity index (χ1v) is 10.0. The third kappa shape index (κ3) is 4.10. The van der Waals surface area contributed by atoms with Crippen molar-refractivity contribution in [1.82, 2.24) is 14.6 Å². The fourth-order valence-corrected chi connectivity index (χ4v) is 3.40. The summed E-state index contributed by atoms with van der Waals surface area (Å²) >= 11 is 0. The average molecular weight is 466 g/mol. The van der Waals surface area contributed by atoms with Gasteiger partial charge in [-0.05, 0) is 36.8 Å². The Bertz CT molecular complexity index is 1420. The van der Waals surface area contributed by atoms with Crippen LogP contribution in [0.2, 0.25) is 0 Å². The first-order chi connectivity index (χ1) is 16.3. The minimum absolute atomic E-state index is 0.0782. The van der Waals surface area contributed by atoms with Crippen LogP contribution in [-0.2, 0) is 4.84 Å². The van der Waals surface area contributed by atoms with Gasteiger partial charge in [0, 0.05) is 16.8 Å². The number of nitrogen functional groups attached to an aromatic ring is 1. The Balaban J connectivity index is 1.75. The molecule has 0 saturated carbocycles. The summed E-state index contributed by atoms with van der Waals surface area (Å²) < 4.78 is 33.8. The number of hydrogen-bond donors (Lipinski definition) is 2. The summed E-state index contributed by atoms with van der Waals surface area (Å²) in [5, 5.41) is 7.58. The molecule has 0 radical (unpaired) electrons. The molecular weight excluding hydrogens is 446 g/mol. The molecule has 4 rings (SSSR count). The number of anilines is 1. The molecule has 2 heterocycles. The van der Waals surface area contributed by atoms with Gasteiger partial charge in [-0.15, -0.1) is 0 Å². The molecular formula is C23H20F2N6O3. The topological polar surface area (TPSA) is 130 Å². The Morgan fingerprint density at radius 1 is 1.15 bits per heavy atom. The Hall–Kier alpha value is -4.54. The Kier molecular flexibility index (Phi) is 6.09. The number of alkyl halides is 2. The number of amidine groups is 1. The lowest BCUT2D eigenvalue weighted by atomic mass is 10.1. The van der Waals surface area contributed by atoms with Crippen LogP contribution in [0, 0.1) is 6.92 Å². The lowest BCUT2D eigenvalue weighted by Crippen LogP contribution is -2.17. The molecule has 0 amide bonds. The normalized spacial score (nSPS) is 11.7. The third-order valence-corrected chi connectivity index (χ3v) is 5.20. The van der Waals surface area contributed by atoms with Crippen molar-refractivity contribution in [1.29, 1.82) is 0 Å². The largest absolute Gasteiger partial charge is 0.496 e. The van der Waals surface area contributed by atoms with E-state index in [4.69, 9.17) is 21.0 Å². The summed E-state index contributed by atoms with van der Waals surface area (Å²) in [4.78, 5) is 22.1. The van der Waals surface area contributed by atoms with Crippen LogP contribution in [0.25, 0.3) is 16.9 Å². The lowest BCUT2D eigenvalue weighted by molar-refractivity contribution is 0.0518. The Labute approximate surface area is 192 Å². The van der Waals surface area contributed by atoms with Crippen LogP contribution >= 0.6 is 0 Å². The zero-order valence-corrected chi connectivity index (χ0v) is 18.2. The number of ether oxygens (including phenoxy) is 1. The van der Waals surface area contributed by atoms with E-state index in [1.807, 2.05) is 0 Å². The number of benzene rings is 2. The second kappa shape index (κ2) is 9.14. The van der Waals surface area contributed by atoms with E-state index in [9.17, 15) is 13.6 Å². The summed E-state index contributed by atoms with van der Waals surface area (Å²) in [6.45, 7) is 1.75. The highest BCUT2D eigenvalue weighted by Crippen LogP contribution is 2.32. The number of carbonyl (C=O) groups is 1. The number of rotatable bonds is 6. The first-order valence-electron chi connectivity index (χ1n) is 10.0. The number of methoxy groups -OCH3 is 1. The number of nitrogens with zero attached hydrogens (tertiary/aromatic N) is 4. The molecule has 0 bridgehead atoms. The van der Waals surface area contributed by atoms with Crippen LogP contribution in [0.4, 0.5) is 14.5 Å². The van der Waals surface area contributed by atoms with Crippen molar-refractivity contribution in [2.24, 2.45) is 10.9 Å². The highest BCUT2D eigenvalue weighted by molar-refractivity contribution is 6.01. The fourth-order valence-electron chi connectivity index (χ4n) is 3.40. The fraction of sp³-hybridized carbons (Fsp3) is 0.130. The van der Waals surface area contributed by atoms with E-state index >= 15 is 0 Å². The molecule has 0 aliphatic heterocycles. The quantitative estimate of drug-likeness (QED) is 0.146. The van der Waals surface area contributed by atoms with Crippen molar-refractivity contribution in [3.8, 4) is 17.0 Å². The van der Waals surface area contributed by atoms with Crippen LogP contribution in [0.5, 0.6) is 5.75 Å². The third-order valence-electron chi connectivity index (χ3n) is 5.20. The molecule has 34 heavy (non-hydrogen) atoms. The highest BCUT2D eigenvalue weighted by Gasteiger charge is 2.23. The van der Waals surface area contributed by atoms with E-state index in [0.717, 1.165) is 10.7 Å². The predicted octanol–water partition coefficient (Wildman–Crippen LogP) is 3.71. The Morgan fingerprint density at radius 3 is 2.65 bits per heavy atom. The number of aromatic nitrogens is 3. The molecule has 174 valence electrons. The molecule has 11 heteroatoms. The van der Waals surface area contributed by atoms with Gasteiger partial charge in [-0.3, -0.25) is 0 Å². The maximum absolute atomic E-state index is 13.8. The molecule has 4 N–H and O–H groups in total. The molecule has 0 fully saturated rings. The van der Waals surface area contributed by atoms with Crippen molar-refractivity contribution in [2.45, 2.75) is 13.3 Å². The van der Waals surface area contributed by atoms with E-state index in [0.29, 0.717) is 28.1 Å². The second-order valence-corrected chi connectivity index (χ2v) is 7.24. The van der Waals surface area contributed by atoms with Crippen molar-refractivity contribution in [3.63, 3.8) is 0 Å². The van der Waals surface area contributed by atoms with E-state index in [2.05, 4.69) is 15.2 Å². The van der Waals surface area contributed by atoms with Gasteiger partial charge in [-0.1, -0.05) is 29.4 Å². The van der Waals surface area contributed by atoms with Gasteiger partial charge in [0.2, 0.25) is 0 Å². The van der Waals surface area contributed by atoms with Crippen molar-refractivity contribution in [3.05, 3.63) is 77.1 Å². The zero-order chi connectivity index (χ0) is 24.4. The van der Waals surface area contributed by atoms with Gasteiger partial charge < -0.3 is 21.0 Å². The average Bonchev–Trinajstić information content (AvgIpc) is 3.27. The van der Waals surface area contributed by atoms with Crippen molar-refractivity contribution < 1.29 is 23.1 Å². The van der Waals surface area contributed by atoms with Gasteiger partial charge in [0.1, 0.15) is 17.0 Å². The number of carbonyl (C=O) groups excluding carboxylic acids is 1. The smallest absolute Gasteiger partial charge is 0.371 e. The van der Waals surface area contributed by atoms with Crippen molar-refractivity contribution >= 4 is 23.1 Å². The van der Waals surface area contributed by atoms with Gasteiger partial charge in [-0.25, -0.2) is 23.1 Å². The summed E-state index contributed by atoms with van der Waals surface area (Å²) in [7, 11) is 1.46. The first kappa shape index (κ1) is 22.6. The molecule has 0 aliphatic carbocycles. The second-order valence-electron chi connectivity index (χ2n) is 7.24. The molecule has 4 aromatic rings. The highest BCUT2D eigenvalue weighted by atomic mass is 19.3. The van der Waals surface area contributed by atoms with Gasteiger partial charge >= 0.3 is 5.97 Å². The van der Waals surface area contributed by atoms with E-state index in [1.54, 1.807) is 49.4 Å².